The van der Waals surface area contributed by atoms with E-state index in [0.29, 0.717) is 13.0 Å². The van der Waals surface area contributed by atoms with Crippen molar-refractivity contribution in [3.05, 3.63) is 122 Å². The lowest BCUT2D eigenvalue weighted by Gasteiger charge is -2.41. The van der Waals surface area contributed by atoms with E-state index in [0.717, 1.165) is 128 Å². The van der Waals surface area contributed by atoms with E-state index >= 15 is 0 Å². The first kappa shape index (κ1) is 70.5. The second-order valence-corrected chi connectivity index (χ2v) is 20.5. The summed E-state index contributed by atoms with van der Waals surface area (Å²) in [7, 11) is -5.08. The summed E-state index contributed by atoms with van der Waals surface area (Å²) in [5.74, 6) is -0.418. The van der Waals surface area contributed by atoms with Crippen molar-refractivity contribution in [2.75, 3.05) is 26.4 Å². The van der Waals surface area contributed by atoms with Gasteiger partial charge in [-0.1, -0.05) is 219 Å². The largest absolute Gasteiger partial charge is 0.457 e. The average molecular weight is 1090 g/mol. The molecule has 0 aromatic heterocycles. The Hall–Kier alpha value is -3.50. The van der Waals surface area contributed by atoms with Crippen molar-refractivity contribution in [2.45, 2.75) is 243 Å². The molecule has 0 aliphatic carbocycles. The lowest BCUT2D eigenvalue weighted by molar-refractivity contribution is -0.301. The molecule has 0 saturated carbocycles. The number of esters is 1. The van der Waals surface area contributed by atoms with Gasteiger partial charge >= 0.3 is 16.4 Å². The molecule has 434 valence electrons. The third-order valence-corrected chi connectivity index (χ3v) is 13.0. The van der Waals surface area contributed by atoms with Crippen LogP contribution in [0.2, 0.25) is 0 Å². The summed E-state index contributed by atoms with van der Waals surface area (Å²) in [5.41, 5.74) is 0. The maximum absolute atomic E-state index is 13.0. The predicted molar refractivity (Wildman–Crippen MR) is 312 cm³/mol. The van der Waals surface area contributed by atoms with Gasteiger partial charge in [0.15, 0.2) is 6.29 Å². The summed E-state index contributed by atoms with van der Waals surface area (Å²) in [6.45, 7) is 3.74. The Morgan fingerprint density at radius 1 is 0.500 bits per heavy atom. The fourth-order valence-electron chi connectivity index (χ4n) is 8.26. The summed E-state index contributed by atoms with van der Waals surface area (Å²) in [6.07, 6.45) is 66.5. The van der Waals surface area contributed by atoms with Crippen LogP contribution in [0.15, 0.2) is 122 Å². The Balaban J connectivity index is 2.32. The van der Waals surface area contributed by atoms with Crippen LogP contribution >= 0.6 is 0 Å². The molecular formula is C63H104O12S. The highest BCUT2D eigenvalue weighted by Gasteiger charge is 2.48. The van der Waals surface area contributed by atoms with Crippen LogP contribution in [0.3, 0.4) is 0 Å². The highest BCUT2D eigenvalue weighted by atomic mass is 32.3. The minimum absolute atomic E-state index is 0.0196. The number of carbonyl (C=O) groups is 1. The molecule has 1 fully saturated rings. The molecule has 0 bridgehead atoms. The van der Waals surface area contributed by atoms with Gasteiger partial charge in [0.05, 0.1) is 19.8 Å². The lowest BCUT2D eigenvalue weighted by atomic mass is 9.99. The Labute approximate surface area is 461 Å². The first-order valence-corrected chi connectivity index (χ1v) is 30.7. The SMILES string of the molecule is CC/C=C\C/C=C\C/C=C\C/C=C\C/C=C\C/C=C\CCCCCCCCC(=O)OC(COCCCCCCCCCCCCC/C=C\C/C=C\C/C=C\C/C=C\CC)COC1OC(CO)C(O)C(OS(=O)(=O)O)C1O. The molecule has 0 aromatic rings. The van der Waals surface area contributed by atoms with E-state index in [2.05, 4.69) is 140 Å². The zero-order valence-electron chi connectivity index (χ0n) is 47.0. The van der Waals surface area contributed by atoms with Crippen molar-refractivity contribution in [2.24, 2.45) is 0 Å². The molecule has 1 aliphatic heterocycles. The number of aliphatic hydroxyl groups is 3. The van der Waals surface area contributed by atoms with E-state index in [1.165, 1.54) is 51.4 Å². The molecule has 0 radical (unpaired) electrons. The lowest BCUT2D eigenvalue weighted by Crippen LogP contribution is -2.60. The average Bonchev–Trinajstić information content (AvgIpc) is 3.40. The molecule has 13 heteroatoms. The van der Waals surface area contributed by atoms with Gasteiger partial charge in [-0.15, -0.1) is 0 Å². The molecule has 0 amide bonds. The molecule has 12 nitrogen and oxygen atoms in total. The zero-order valence-corrected chi connectivity index (χ0v) is 47.8. The number of aliphatic hydroxyl groups excluding tert-OH is 3. The normalized spacial score (nSPS) is 19.5. The molecule has 1 heterocycles. The van der Waals surface area contributed by atoms with Crippen molar-refractivity contribution in [3.8, 4) is 0 Å². The second-order valence-electron chi connectivity index (χ2n) is 19.5. The first-order chi connectivity index (χ1) is 37.1. The van der Waals surface area contributed by atoms with Crippen LogP contribution in [-0.4, -0.2) is 97.5 Å². The fraction of sp³-hybridized carbons (Fsp3) is 0.667. The minimum Gasteiger partial charge on any atom is -0.457 e. The molecule has 0 spiro atoms. The molecule has 4 N–H and O–H groups in total. The van der Waals surface area contributed by atoms with Crippen LogP contribution in [0.25, 0.3) is 0 Å². The summed E-state index contributed by atoms with van der Waals surface area (Å²) in [6, 6.07) is 0. The van der Waals surface area contributed by atoms with E-state index in [1.54, 1.807) is 0 Å². The quantitative estimate of drug-likeness (QED) is 0.0196. The smallest absolute Gasteiger partial charge is 0.397 e. The number of rotatable bonds is 50. The van der Waals surface area contributed by atoms with Gasteiger partial charge in [0.1, 0.15) is 30.5 Å². The first-order valence-electron chi connectivity index (χ1n) is 29.3. The second kappa shape index (κ2) is 52.2. The molecule has 1 rings (SSSR count). The number of unbranched alkanes of at least 4 members (excludes halogenated alkanes) is 17. The summed E-state index contributed by atoms with van der Waals surface area (Å²) in [5, 5.41) is 30.9. The van der Waals surface area contributed by atoms with Gasteiger partial charge in [-0.3, -0.25) is 9.35 Å². The topological polar surface area (TPSA) is 178 Å². The monoisotopic (exact) mass is 1080 g/mol. The molecule has 1 saturated heterocycles. The number of ether oxygens (including phenoxy) is 4. The summed E-state index contributed by atoms with van der Waals surface area (Å²) >= 11 is 0. The van der Waals surface area contributed by atoms with Crippen molar-refractivity contribution in [1.29, 1.82) is 0 Å². The predicted octanol–water partition coefficient (Wildman–Crippen LogP) is 14.9. The van der Waals surface area contributed by atoms with Crippen molar-refractivity contribution < 1.29 is 56.2 Å². The van der Waals surface area contributed by atoms with Crippen molar-refractivity contribution >= 4 is 16.4 Å². The Morgan fingerprint density at radius 2 is 0.868 bits per heavy atom. The third kappa shape index (κ3) is 44.5. The van der Waals surface area contributed by atoms with Crippen LogP contribution < -0.4 is 0 Å². The minimum atomic E-state index is -5.08. The zero-order chi connectivity index (χ0) is 55.3. The van der Waals surface area contributed by atoms with Crippen molar-refractivity contribution in [3.63, 3.8) is 0 Å². The maximum atomic E-state index is 13.0. The van der Waals surface area contributed by atoms with Crippen LogP contribution in [0.1, 0.15) is 206 Å². The summed E-state index contributed by atoms with van der Waals surface area (Å²) < 4.78 is 59.5. The highest BCUT2D eigenvalue weighted by molar-refractivity contribution is 7.80. The third-order valence-electron chi connectivity index (χ3n) is 12.6. The summed E-state index contributed by atoms with van der Waals surface area (Å²) in [4.78, 5) is 13.0. The van der Waals surface area contributed by atoms with E-state index < -0.39 is 59.8 Å². The van der Waals surface area contributed by atoms with Crippen LogP contribution in [0.5, 0.6) is 0 Å². The Morgan fingerprint density at radius 3 is 1.26 bits per heavy atom. The van der Waals surface area contributed by atoms with E-state index in [1.807, 2.05) is 0 Å². The molecule has 6 atom stereocenters. The van der Waals surface area contributed by atoms with Gasteiger partial charge in [-0.25, -0.2) is 4.18 Å². The van der Waals surface area contributed by atoms with E-state index in [9.17, 15) is 33.1 Å². The van der Waals surface area contributed by atoms with Gasteiger partial charge in [0.2, 0.25) is 0 Å². The van der Waals surface area contributed by atoms with Gasteiger partial charge in [-0.05, 0) is 103 Å². The van der Waals surface area contributed by atoms with Crippen LogP contribution in [-0.2, 0) is 38.3 Å². The number of hydrogen-bond acceptors (Lipinski definition) is 11. The molecular weight excluding hydrogens is 981 g/mol. The molecule has 6 unspecified atom stereocenters. The Bertz CT molecular complexity index is 1780. The number of carbonyl (C=O) groups excluding carboxylic acids is 1. The maximum Gasteiger partial charge on any atom is 0.397 e. The van der Waals surface area contributed by atoms with Gasteiger partial charge in [0, 0.05) is 13.0 Å². The van der Waals surface area contributed by atoms with E-state index in [-0.39, 0.29) is 19.6 Å². The number of hydrogen-bond donors (Lipinski definition) is 4. The van der Waals surface area contributed by atoms with Gasteiger partial charge in [0.25, 0.3) is 0 Å². The van der Waals surface area contributed by atoms with Gasteiger partial charge in [-0.2, -0.15) is 8.42 Å². The molecule has 1 aliphatic rings. The molecule has 76 heavy (non-hydrogen) atoms. The fourth-order valence-corrected chi connectivity index (χ4v) is 8.76. The standard InChI is InChI=1S/C63H104O12S/c1-3-5-7-9-11-13-15-17-19-21-23-25-27-29-30-32-34-36-38-40-42-44-46-48-50-52-59(65)73-57(56-72-63-61(67)62(75-76(68,69)70)60(66)58(54-64)74-63)55-71-53-51-49-47-45-43-41-39-37-35-33-31-28-26-24-22-20-18-16-14-12-10-8-6-4-2/h5-8,11-14,17-20,23-26,29-30,34,36,57-58,60-64,66-67H,3-4,9-10,15-16,21-22,27-28,31-33,35,37-56H2,1-2H3,(H,68,69,70)/b7-5-,8-6-,13-11-,14-12-,19-17-,20-18-,25-23-,26-24-,30-29-,36-34-. The molecule has 0 aromatic carbocycles. The highest BCUT2D eigenvalue weighted by Crippen LogP contribution is 2.26. The van der Waals surface area contributed by atoms with Crippen LogP contribution in [0, 0.1) is 0 Å². The van der Waals surface area contributed by atoms with E-state index in [4.69, 9.17) is 18.9 Å². The Kier molecular flexibility index (Phi) is 48.4. The van der Waals surface area contributed by atoms with Crippen LogP contribution in [0.4, 0.5) is 0 Å². The number of allylic oxidation sites excluding steroid dienone is 20. The van der Waals surface area contributed by atoms with Crippen molar-refractivity contribution in [1.82, 2.24) is 0 Å². The van der Waals surface area contributed by atoms with Gasteiger partial charge < -0.3 is 34.3 Å².